The summed E-state index contributed by atoms with van der Waals surface area (Å²) < 4.78 is 5.50. The Balaban J connectivity index is 3.13. The molecule has 84 valence electrons. The minimum Gasteiger partial charge on any atom is -0.368 e. The number of hydrogen-bond acceptors (Lipinski definition) is 4. The van der Waals surface area contributed by atoms with Crippen molar-refractivity contribution in [3.8, 4) is 0 Å². The summed E-state index contributed by atoms with van der Waals surface area (Å²) in [5.41, 5.74) is 5.22. The molecule has 0 spiro atoms. The van der Waals surface area contributed by atoms with Gasteiger partial charge in [0, 0.05) is 19.2 Å². The van der Waals surface area contributed by atoms with E-state index in [0.29, 0.717) is 18.1 Å². The van der Waals surface area contributed by atoms with Gasteiger partial charge < -0.3 is 15.5 Å². The Hall–Kier alpha value is -1.20. The minimum absolute atomic E-state index is 0.201. The van der Waals surface area contributed by atoms with Crippen molar-refractivity contribution in [2.75, 3.05) is 6.61 Å². The number of ether oxygens (including phenoxy) is 1. The third-order valence-corrected chi connectivity index (χ3v) is 2.08. The minimum atomic E-state index is -0.598. The summed E-state index contributed by atoms with van der Waals surface area (Å²) in [5.74, 6) is 0.511. The molecule has 5 heteroatoms. The van der Waals surface area contributed by atoms with Gasteiger partial charge in [-0.15, -0.1) is 0 Å². The maximum atomic E-state index is 11.3. The van der Waals surface area contributed by atoms with Crippen LogP contribution in [-0.2, 0) is 16.9 Å². The second-order valence-electron chi connectivity index (χ2n) is 3.73. The number of aromatic amines is 1. The molecule has 0 atom stereocenters. The molecule has 0 aliphatic heterocycles. The van der Waals surface area contributed by atoms with Crippen molar-refractivity contribution in [2.24, 2.45) is 5.73 Å². The highest BCUT2D eigenvalue weighted by molar-refractivity contribution is 5.06. The molecule has 0 bridgehead atoms. The Morgan fingerprint density at radius 3 is 2.80 bits per heavy atom. The number of H-pyrrole nitrogens is 1. The monoisotopic (exact) mass is 211 g/mol. The van der Waals surface area contributed by atoms with Crippen LogP contribution in [0.15, 0.2) is 10.9 Å². The zero-order valence-corrected chi connectivity index (χ0v) is 9.33. The first-order chi connectivity index (χ1) is 6.99. The van der Waals surface area contributed by atoms with E-state index >= 15 is 0 Å². The number of rotatable bonds is 4. The molecule has 1 rings (SSSR count). The zero-order chi connectivity index (χ0) is 11.5. The van der Waals surface area contributed by atoms with Gasteiger partial charge in [0.25, 0.3) is 5.56 Å². The third-order valence-electron chi connectivity index (χ3n) is 2.08. The van der Waals surface area contributed by atoms with Crippen molar-refractivity contribution in [3.63, 3.8) is 0 Å². The van der Waals surface area contributed by atoms with Crippen LogP contribution in [0.4, 0.5) is 0 Å². The van der Waals surface area contributed by atoms with Crippen LogP contribution in [0.2, 0.25) is 0 Å². The SMILES string of the molecule is CCOC(C)(C)c1nc(CN)cc(=O)[nH]1. The van der Waals surface area contributed by atoms with Crippen LogP contribution in [0.1, 0.15) is 32.3 Å². The molecule has 5 nitrogen and oxygen atoms in total. The first-order valence-electron chi connectivity index (χ1n) is 4.94. The zero-order valence-electron chi connectivity index (χ0n) is 9.33. The molecule has 1 heterocycles. The number of nitrogens with zero attached hydrogens (tertiary/aromatic N) is 1. The van der Waals surface area contributed by atoms with E-state index in [1.807, 2.05) is 20.8 Å². The summed E-state index contributed by atoms with van der Waals surface area (Å²) in [6, 6.07) is 1.39. The molecule has 0 unspecified atom stereocenters. The van der Waals surface area contributed by atoms with Gasteiger partial charge in [-0.2, -0.15) is 0 Å². The normalized spacial score (nSPS) is 11.7. The average molecular weight is 211 g/mol. The predicted octanol–water partition coefficient (Wildman–Crippen LogP) is 0.500. The highest BCUT2D eigenvalue weighted by Gasteiger charge is 2.23. The Morgan fingerprint density at radius 2 is 2.27 bits per heavy atom. The van der Waals surface area contributed by atoms with E-state index in [1.54, 1.807) is 0 Å². The van der Waals surface area contributed by atoms with E-state index < -0.39 is 5.60 Å². The summed E-state index contributed by atoms with van der Waals surface area (Å²) >= 11 is 0. The molecule has 3 N–H and O–H groups in total. The van der Waals surface area contributed by atoms with E-state index in [1.165, 1.54) is 6.07 Å². The van der Waals surface area contributed by atoms with Crippen molar-refractivity contribution in [3.05, 3.63) is 27.9 Å². The molecule has 0 amide bonds. The number of hydrogen-bond donors (Lipinski definition) is 2. The lowest BCUT2D eigenvalue weighted by Crippen LogP contribution is -2.28. The summed E-state index contributed by atoms with van der Waals surface area (Å²) in [6.45, 7) is 6.42. The second-order valence-corrected chi connectivity index (χ2v) is 3.73. The lowest BCUT2D eigenvalue weighted by Gasteiger charge is -2.23. The molecule has 0 aromatic carbocycles. The van der Waals surface area contributed by atoms with E-state index in [4.69, 9.17) is 10.5 Å². The molecule has 0 radical (unpaired) electrons. The Kier molecular flexibility index (Phi) is 3.60. The van der Waals surface area contributed by atoms with Gasteiger partial charge in [-0.25, -0.2) is 4.98 Å². The van der Waals surface area contributed by atoms with Gasteiger partial charge in [-0.1, -0.05) is 0 Å². The van der Waals surface area contributed by atoms with Crippen molar-refractivity contribution in [1.29, 1.82) is 0 Å². The lowest BCUT2D eigenvalue weighted by atomic mass is 10.1. The van der Waals surface area contributed by atoms with Crippen LogP contribution in [0, 0.1) is 0 Å². The quantitative estimate of drug-likeness (QED) is 0.760. The molecule has 0 saturated carbocycles. The largest absolute Gasteiger partial charge is 0.368 e. The van der Waals surface area contributed by atoms with Crippen LogP contribution < -0.4 is 11.3 Å². The second kappa shape index (κ2) is 4.55. The standard InChI is InChI=1S/C10H17N3O2/c1-4-15-10(2,3)9-12-7(6-11)5-8(14)13-9/h5H,4,6,11H2,1-3H3,(H,12,13,14). The molecular formula is C10H17N3O2. The van der Waals surface area contributed by atoms with E-state index in [9.17, 15) is 4.79 Å². The Bertz CT molecular complexity index is 384. The van der Waals surface area contributed by atoms with Crippen molar-refractivity contribution < 1.29 is 4.74 Å². The highest BCUT2D eigenvalue weighted by Crippen LogP contribution is 2.19. The van der Waals surface area contributed by atoms with Gasteiger partial charge in [-0.05, 0) is 20.8 Å². The number of nitrogens with two attached hydrogens (primary N) is 1. The topological polar surface area (TPSA) is 81.0 Å². The fourth-order valence-corrected chi connectivity index (χ4v) is 1.33. The first kappa shape index (κ1) is 11.9. The van der Waals surface area contributed by atoms with Crippen LogP contribution in [0.25, 0.3) is 0 Å². The van der Waals surface area contributed by atoms with Crippen molar-refractivity contribution in [1.82, 2.24) is 9.97 Å². The Labute approximate surface area is 88.7 Å². The molecule has 1 aromatic rings. The lowest BCUT2D eigenvalue weighted by molar-refractivity contribution is -0.0211. The fraction of sp³-hybridized carbons (Fsp3) is 0.600. The van der Waals surface area contributed by atoms with Crippen molar-refractivity contribution >= 4 is 0 Å². The summed E-state index contributed by atoms with van der Waals surface area (Å²) in [6.07, 6.45) is 0. The summed E-state index contributed by atoms with van der Waals surface area (Å²) in [7, 11) is 0. The average Bonchev–Trinajstić information content (AvgIpc) is 2.16. The van der Waals surface area contributed by atoms with Gasteiger partial charge in [-0.3, -0.25) is 4.79 Å². The van der Waals surface area contributed by atoms with E-state index in [-0.39, 0.29) is 12.1 Å². The molecule has 0 saturated heterocycles. The Morgan fingerprint density at radius 1 is 1.60 bits per heavy atom. The van der Waals surface area contributed by atoms with Gasteiger partial charge in [0.15, 0.2) is 0 Å². The third kappa shape index (κ3) is 2.87. The molecule has 0 aliphatic carbocycles. The molecule has 15 heavy (non-hydrogen) atoms. The molecular weight excluding hydrogens is 194 g/mol. The summed E-state index contributed by atoms with van der Waals surface area (Å²) in [5, 5.41) is 0. The molecule has 1 aromatic heterocycles. The van der Waals surface area contributed by atoms with Gasteiger partial charge in [0.1, 0.15) is 11.4 Å². The van der Waals surface area contributed by atoms with E-state index in [0.717, 1.165) is 0 Å². The number of nitrogens with one attached hydrogen (secondary N) is 1. The first-order valence-corrected chi connectivity index (χ1v) is 4.94. The maximum Gasteiger partial charge on any atom is 0.251 e. The van der Waals surface area contributed by atoms with Crippen LogP contribution in [0.3, 0.4) is 0 Å². The highest BCUT2D eigenvalue weighted by atomic mass is 16.5. The smallest absolute Gasteiger partial charge is 0.251 e. The summed E-state index contributed by atoms with van der Waals surface area (Å²) in [4.78, 5) is 18.2. The van der Waals surface area contributed by atoms with Crippen LogP contribution in [0.5, 0.6) is 0 Å². The number of aromatic nitrogens is 2. The predicted molar refractivity (Wildman–Crippen MR) is 57.4 cm³/mol. The van der Waals surface area contributed by atoms with E-state index in [2.05, 4.69) is 9.97 Å². The van der Waals surface area contributed by atoms with Crippen LogP contribution >= 0.6 is 0 Å². The fourth-order valence-electron chi connectivity index (χ4n) is 1.33. The maximum absolute atomic E-state index is 11.3. The van der Waals surface area contributed by atoms with Gasteiger partial charge in [0.2, 0.25) is 0 Å². The van der Waals surface area contributed by atoms with Crippen LogP contribution in [-0.4, -0.2) is 16.6 Å². The van der Waals surface area contributed by atoms with Gasteiger partial charge in [0.05, 0.1) is 5.69 Å². The van der Waals surface area contributed by atoms with Crippen molar-refractivity contribution in [2.45, 2.75) is 32.9 Å². The van der Waals surface area contributed by atoms with Gasteiger partial charge >= 0.3 is 0 Å². The molecule has 0 aliphatic rings. The molecule has 0 fully saturated rings.